The fraction of sp³-hybridized carbons (Fsp3) is 0.571. The van der Waals surface area contributed by atoms with E-state index < -0.39 is 0 Å². The van der Waals surface area contributed by atoms with E-state index in [1.807, 2.05) is 22.2 Å². The molecule has 1 fully saturated rings. The molecule has 108 valence electrons. The molecule has 2 aromatic rings. The highest BCUT2D eigenvalue weighted by atomic mass is 32.1. The molecule has 6 heteroatoms. The molecule has 0 saturated carbocycles. The number of Topliss-reactive ketones (excluding diaryl/α,β-unsaturated/α-hetero) is 1. The quantitative estimate of drug-likeness (QED) is 0.840. The molecule has 1 aliphatic heterocycles. The number of carbonyl (C=O) groups excluding carboxylic acids is 1. The molecular formula is C14H19N3O2S. The average molecular weight is 293 g/mol. The van der Waals surface area contributed by atoms with Crippen molar-refractivity contribution in [1.82, 2.24) is 14.3 Å². The molecule has 2 aromatic heterocycles. The van der Waals surface area contributed by atoms with Crippen LogP contribution in [0, 0.1) is 0 Å². The monoisotopic (exact) mass is 293 g/mol. The summed E-state index contributed by atoms with van der Waals surface area (Å²) in [6.07, 6.45) is 5.06. The molecular weight excluding hydrogens is 274 g/mol. The van der Waals surface area contributed by atoms with Gasteiger partial charge in [-0.05, 0) is 13.0 Å². The van der Waals surface area contributed by atoms with E-state index in [0.29, 0.717) is 13.0 Å². The second-order valence-electron chi connectivity index (χ2n) is 5.13. The van der Waals surface area contributed by atoms with Crippen LogP contribution in [0.1, 0.15) is 19.0 Å². The smallest absolute Gasteiger partial charge is 0.193 e. The van der Waals surface area contributed by atoms with Gasteiger partial charge in [-0.15, -0.1) is 11.3 Å². The summed E-state index contributed by atoms with van der Waals surface area (Å²) < 4.78 is 7.58. The summed E-state index contributed by atoms with van der Waals surface area (Å²) >= 11 is 1.58. The van der Waals surface area contributed by atoms with Crippen molar-refractivity contribution in [2.75, 3.05) is 26.2 Å². The van der Waals surface area contributed by atoms with E-state index in [2.05, 4.69) is 16.8 Å². The fourth-order valence-electron chi connectivity index (χ4n) is 2.57. The number of carbonyl (C=O) groups is 1. The van der Waals surface area contributed by atoms with E-state index >= 15 is 0 Å². The zero-order chi connectivity index (χ0) is 13.9. The van der Waals surface area contributed by atoms with Gasteiger partial charge in [0.05, 0.1) is 18.7 Å². The first-order chi connectivity index (χ1) is 9.76. The lowest BCUT2D eigenvalue weighted by molar-refractivity contribution is -0.135. The van der Waals surface area contributed by atoms with E-state index in [9.17, 15) is 4.79 Å². The molecule has 0 aliphatic carbocycles. The Kier molecular flexibility index (Phi) is 4.14. The Balaban J connectivity index is 1.62. The molecule has 0 aromatic carbocycles. The maximum absolute atomic E-state index is 12.3. The number of thiazole rings is 1. The van der Waals surface area contributed by atoms with Crippen molar-refractivity contribution >= 4 is 22.1 Å². The van der Waals surface area contributed by atoms with Crippen molar-refractivity contribution in [3.63, 3.8) is 0 Å². The number of aromatic nitrogens is 2. The number of rotatable bonds is 5. The highest BCUT2D eigenvalue weighted by Gasteiger charge is 2.26. The van der Waals surface area contributed by atoms with E-state index in [4.69, 9.17) is 4.74 Å². The molecule has 1 aliphatic rings. The Hall–Kier alpha value is -1.24. The van der Waals surface area contributed by atoms with Gasteiger partial charge in [-0.1, -0.05) is 6.92 Å². The number of morpholine rings is 1. The summed E-state index contributed by atoms with van der Waals surface area (Å²) in [5.74, 6) is 0.136. The van der Waals surface area contributed by atoms with Gasteiger partial charge in [-0.3, -0.25) is 14.1 Å². The van der Waals surface area contributed by atoms with Crippen LogP contribution >= 0.6 is 11.3 Å². The first-order valence-corrected chi connectivity index (χ1v) is 7.92. The minimum Gasteiger partial charge on any atom is -0.368 e. The summed E-state index contributed by atoms with van der Waals surface area (Å²) in [5, 5.41) is 1.99. The Bertz CT molecular complexity index is 562. The maximum Gasteiger partial charge on any atom is 0.193 e. The van der Waals surface area contributed by atoms with Gasteiger partial charge in [0.25, 0.3) is 0 Å². The van der Waals surface area contributed by atoms with E-state index in [0.717, 1.165) is 36.7 Å². The highest BCUT2D eigenvalue weighted by molar-refractivity contribution is 7.15. The maximum atomic E-state index is 12.3. The van der Waals surface area contributed by atoms with Gasteiger partial charge in [-0.25, -0.2) is 4.98 Å². The van der Waals surface area contributed by atoms with Crippen molar-refractivity contribution in [2.24, 2.45) is 0 Å². The Morgan fingerprint density at radius 2 is 2.50 bits per heavy atom. The summed E-state index contributed by atoms with van der Waals surface area (Å²) in [4.78, 5) is 20.0. The number of hydrogen-bond donors (Lipinski definition) is 0. The molecule has 0 bridgehead atoms. The molecule has 0 amide bonds. The zero-order valence-corrected chi connectivity index (χ0v) is 12.4. The normalized spacial score (nSPS) is 20.6. The topological polar surface area (TPSA) is 46.8 Å². The van der Waals surface area contributed by atoms with Crippen LogP contribution in [0.25, 0.3) is 4.96 Å². The van der Waals surface area contributed by atoms with Crippen LogP contribution < -0.4 is 0 Å². The number of nitrogens with zero attached hydrogens (tertiary/aromatic N) is 3. The molecule has 5 nitrogen and oxygen atoms in total. The van der Waals surface area contributed by atoms with Gasteiger partial charge in [0, 0.05) is 30.9 Å². The lowest BCUT2D eigenvalue weighted by Gasteiger charge is -2.31. The Morgan fingerprint density at radius 3 is 3.30 bits per heavy atom. The summed E-state index contributed by atoms with van der Waals surface area (Å²) in [6, 6.07) is 0. The SMILES string of the molecule is CCCN1CCOC(C(=O)Cc2cn3ccsc3n2)C1. The third-order valence-corrected chi connectivity index (χ3v) is 4.32. The van der Waals surface area contributed by atoms with Crippen molar-refractivity contribution < 1.29 is 9.53 Å². The summed E-state index contributed by atoms with van der Waals surface area (Å²) in [5.41, 5.74) is 0.832. The lowest BCUT2D eigenvalue weighted by atomic mass is 10.1. The van der Waals surface area contributed by atoms with Crippen LogP contribution in [0.5, 0.6) is 0 Å². The zero-order valence-electron chi connectivity index (χ0n) is 11.6. The molecule has 3 heterocycles. The molecule has 1 saturated heterocycles. The molecule has 3 rings (SSSR count). The van der Waals surface area contributed by atoms with Crippen molar-refractivity contribution in [3.05, 3.63) is 23.5 Å². The third kappa shape index (κ3) is 2.92. The minimum absolute atomic E-state index is 0.136. The van der Waals surface area contributed by atoms with Crippen molar-refractivity contribution in [1.29, 1.82) is 0 Å². The van der Waals surface area contributed by atoms with Crippen LogP contribution in [0.4, 0.5) is 0 Å². The number of ketones is 1. The largest absolute Gasteiger partial charge is 0.368 e. The molecule has 0 spiro atoms. The Morgan fingerprint density at radius 1 is 1.60 bits per heavy atom. The van der Waals surface area contributed by atoms with E-state index in [1.54, 1.807) is 11.3 Å². The average Bonchev–Trinajstić information content (AvgIpc) is 3.00. The highest BCUT2D eigenvalue weighted by Crippen LogP contribution is 2.14. The minimum atomic E-state index is -0.296. The van der Waals surface area contributed by atoms with E-state index in [-0.39, 0.29) is 11.9 Å². The summed E-state index contributed by atoms with van der Waals surface area (Å²) in [6.45, 7) is 5.49. The standard InChI is InChI=1S/C14H19N3O2S/c1-2-3-16-4-6-19-13(10-16)12(18)8-11-9-17-5-7-20-14(17)15-11/h5,7,9,13H,2-4,6,8,10H2,1H3. The van der Waals surface area contributed by atoms with Crippen LogP contribution in [0.15, 0.2) is 17.8 Å². The van der Waals surface area contributed by atoms with Gasteiger partial charge in [0.2, 0.25) is 0 Å². The molecule has 0 N–H and O–H groups in total. The third-order valence-electron chi connectivity index (χ3n) is 3.55. The molecule has 20 heavy (non-hydrogen) atoms. The van der Waals surface area contributed by atoms with Gasteiger partial charge in [-0.2, -0.15) is 0 Å². The fourth-order valence-corrected chi connectivity index (χ4v) is 3.29. The van der Waals surface area contributed by atoms with Gasteiger partial charge >= 0.3 is 0 Å². The van der Waals surface area contributed by atoms with Gasteiger partial charge in [0.15, 0.2) is 10.7 Å². The van der Waals surface area contributed by atoms with Crippen LogP contribution in [0.3, 0.4) is 0 Å². The van der Waals surface area contributed by atoms with E-state index in [1.165, 1.54) is 0 Å². The summed E-state index contributed by atoms with van der Waals surface area (Å²) in [7, 11) is 0. The second kappa shape index (κ2) is 6.03. The van der Waals surface area contributed by atoms with Crippen molar-refractivity contribution in [2.45, 2.75) is 25.9 Å². The van der Waals surface area contributed by atoms with Crippen LogP contribution in [-0.2, 0) is 16.0 Å². The Labute approximate surface area is 122 Å². The first kappa shape index (κ1) is 13.7. The number of imidazole rings is 1. The second-order valence-corrected chi connectivity index (χ2v) is 6.00. The van der Waals surface area contributed by atoms with Crippen LogP contribution in [0.2, 0.25) is 0 Å². The van der Waals surface area contributed by atoms with Gasteiger partial charge < -0.3 is 4.74 Å². The van der Waals surface area contributed by atoms with Crippen molar-refractivity contribution in [3.8, 4) is 0 Å². The predicted octanol–water partition coefficient (Wildman–Crippen LogP) is 1.62. The first-order valence-electron chi connectivity index (χ1n) is 7.04. The number of ether oxygens (including phenoxy) is 1. The van der Waals surface area contributed by atoms with Crippen LogP contribution in [-0.4, -0.2) is 52.4 Å². The van der Waals surface area contributed by atoms with Gasteiger partial charge in [0.1, 0.15) is 6.10 Å². The lowest BCUT2D eigenvalue weighted by Crippen LogP contribution is -2.46. The molecule has 1 unspecified atom stereocenters. The molecule has 0 radical (unpaired) electrons. The number of hydrogen-bond acceptors (Lipinski definition) is 5. The molecule has 1 atom stereocenters. The predicted molar refractivity (Wildman–Crippen MR) is 78.3 cm³/mol. The number of fused-ring (bicyclic) bond motifs is 1.